The predicted octanol–water partition coefficient (Wildman–Crippen LogP) is 4.65. The fourth-order valence-corrected chi connectivity index (χ4v) is 4.32. The molecule has 0 amide bonds. The third kappa shape index (κ3) is 3.48. The van der Waals surface area contributed by atoms with Crippen LogP contribution in [0.4, 0.5) is 11.6 Å². The lowest BCUT2D eigenvalue weighted by molar-refractivity contribution is 0.102. The summed E-state index contributed by atoms with van der Waals surface area (Å²) in [7, 11) is 0. The molecule has 1 saturated heterocycles. The van der Waals surface area contributed by atoms with Gasteiger partial charge in [0.2, 0.25) is 5.95 Å². The minimum Gasteiger partial charge on any atom is -0.397 e. The molecule has 0 spiro atoms. The second kappa shape index (κ2) is 7.24. The van der Waals surface area contributed by atoms with Crippen LogP contribution < -0.4 is 11.1 Å². The molecule has 1 atom stereocenters. The summed E-state index contributed by atoms with van der Waals surface area (Å²) >= 11 is 13.5. The maximum Gasteiger partial charge on any atom is 0.224 e. The number of halogens is 2. The third-order valence-electron chi connectivity index (χ3n) is 4.36. The molecule has 1 aliphatic rings. The van der Waals surface area contributed by atoms with Crippen LogP contribution in [0.2, 0.25) is 10.0 Å². The number of carbonyl (C=O) groups excluding carboxylic acids is 1. The van der Waals surface area contributed by atoms with Gasteiger partial charge in [-0.05, 0) is 18.6 Å². The van der Waals surface area contributed by atoms with Gasteiger partial charge in [-0.15, -0.1) is 11.3 Å². The van der Waals surface area contributed by atoms with Crippen molar-refractivity contribution in [2.24, 2.45) is 0 Å². The summed E-state index contributed by atoms with van der Waals surface area (Å²) in [6.45, 7) is 2.80. The number of ether oxygens (including phenoxy) is 1. The Morgan fingerprint density at radius 2 is 2.15 bits per heavy atom. The molecule has 3 N–H and O–H groups in total. The van der Waals surface area contributed by atoms with E-state index in [9.17, 15) is 4.79 Å². The van der Waals surface area contributed by atoms with Crippen molar-refractivity contribution in [1.29, 1.82) is 0 Å². The highest BCUT2D eigenvalue weighted by molar-refractivity contribution is 7.21. The Kier molecular flexibility index (Phi) is 4.94. The summed E-state index contributed by atoms with van der Waals surface area (Å²) in [5.41, 5.74) is 8.02. The molecule has 3 aromatic rings. The van der Waals surface area contributed by atoms with Crippen molar-refractivity contribution in [3.8, 4) is 11.3 Å². The molecule has 140 valence electrons. The van der Waals surface area contributed by atoms with Crippen LogP contribution in [0, 0.1) is 0 Å². The van der Waals surface area contributed by atoms with Crippen LogP contribution in [0.1, 0.15) is 23.0 Å². The lowest BCUT2D eigenvalue weighted by atomic mass is 10.1. The number of hydrogen-bond donors (Lipinski definition) is 2. The molecule has 4 rings (SSSR count). The van der Waals surface area contributed by atoms with Gasteiger partial charge < -0.3 is 15.8 Å². The van der Waals surface area contributed by atoms with E-state index in [-0.39, 0.29) is 11.8 Å². The van der Waals surface area contributed by atoms with Crippen LogP contribution in [0.5, 0.6) is 0 Å². The van der Waals surface area contributed by atoms with Crippen molar-refractivity contribution in [2.75, 3.05) is 24.3 Å². The van der Waals surface area contributed by atoms with Gasteiger partial charge in [0.05, 0.1) is 44.3 Å². The highest BCUT2D eigenvalue weighted by Crippen LogP contribution is 2.40. The highest BCUT2D eigenvalue weighted by atomic mass is 35.5. The summed E-state index contributed by atoms with van der Waals surface area (Å²) in [6.07, 6.45) is 0.884. The number of fused-ring (bicyclic) bond motifs is 1. The zero-order valence-electron chi connectivity index (χ0n) is 14.4. The van der Waals surface area contributed by atoms with Gasteiger partial charge >= 0.3 is 0 Å². The highest BCUT2D eigenvalue weighted by Gasteiger charge is 2.22. The number of nitrogens with two attached hydrogens (primary N) is 1. The Hall–Kier alpha value is -1.93. The molecule has 1 fully saturated rings. The topological polar surface area (TPSA) is 90.1 Å². The van der Waals surface area contributed by atoms with Crippen molar-refractivity contribution in [1.82, 2.24) is 9.97 Å². The molecule has 0 unspecified atom stereocenters. The number of thiophene rings is 1. The lowest BCUT2D eigenvalue weighted by Crippen LogP contribution is -2.20. The Balaban J connectivity index is 1.91. The molecule has 0 saturated carbocycles. The molecule has 0 bridgehead atoms. The van der Waals surface area contributed by atoms with E-state index < -0.39 is 0 Å². The maximum atomic E-state index is 12.0. The van der Waals surface area contributed by atoms with E-state index in [0.717, 1.165) is 12.0 Å². The van der Waals surface area contributed by atoms with Gasteiger partial charge in [-0.3, -0.25) is 4.79 Å². The molecule has 3 heterocycles. The Morgan fingerprint density at radius 1 is 1.33 bits per heavy atom. The molecule has 2 aromatic heterocycles. The van der Waals surface area contributed by atoms with Crippen LogP contribution in [0.15, 0.2) is 18.2 Å². The molecule has 1 aromatic carbocycles. The number of carbonyl (C=O) groups is 1. The third-order valence-corrected chi connectivity index (χ3v) is 6.30. The molecule has 0 aliphatic carbocycles. The number of nitrogens with one attached hydrogen (secondary N) is 1. The van der Waals surface area contributed by atoms with Crippen molar-refractivity contribution in [3.05, 3.63) is 33.1 Å². The number of aromatic nitrogens is 2. The summed E-state index contributed by atoms with van der Waals surface area (Å²) in [5, 5.41) is 4.82. The molecular formula is C18H16Cl2N4O2S. The molecule has 27 heavy (non-hydrogen) atoms. The summed E-state index contributed by atoms with van der Waals surface area (Å²) in [5.74, 6) is 0.365. The zero-order chi connectivity index (χ0) is 19.1. The number of rotatable bonds is 4. The smallest absolute Gasteiger partial charge is 0.224 e. The van der Waals surface area contributed by atoms with E-state index in [1.54, 1.807) is 12.1 Å². The van der Waals surface area contributed by atoms with E-state index in [0.29, 0.717) is 55.7 Å². The van der Waals surface area contributed by atoms with Gasteiger partial charge in [0.25, 0.3) is 0 Å². The van der Waals surface area contributed by atoms with Crippen molar-refractivity contribution in [2.45, 2.75) is 19.4 Å². The first-order valence-electron chi connectivity index (χ1n) is 8.34. The molecular weight excluding hydrogens is 407 g/mol. The Labute approximate surface area is 169 Å². The summed E-state index contributed by atoms with van der Waals surface area (Å²) < 4.78 is 5.40. The van der Waals surface area contributed by atoms with Crippen molar-refractivity contribution < 1.29 is 9.53 Å². The molecule has 1 aliphatic heterocycles. The van der Waals surface area contributed by atoms with Gasteiger partial charge in [-0.2, -0.15) is 0 Å². The number of benzene rings is 1. The van der Waals surface area contributed by atoms with Crippen LogP contribution in [-0.4, -0.2) is 35.0 Å². The van der Waals surface area contributed by atoms with E-state index in [2.05, 4.69) is 15.3 Å². The fraction of sp³-hybridized carbons (Fsp3) is 0.278. The Bertz CT molecular complexity index is 1050. The van der Waals surface area contributed by atoms with E-state index in [1.807, 2.05) is 6.07 Å². The summed E-state index contributed by atoms with van der Waals surface area (Å²) in [6, 6.07) is 5.41. The second-order valence-corrected chi connectivity index (χ2v) is 8.12. The quantitative estimate of drug-likeness (QED) is 0.594. The maximum absolute atomic E-state index is 12.0. The van der Waals surface area contributed by atoms with Gasteiger partial charge in [0.15, 0.2) is 5.78 Å². The molecule has 9 heteroatoms. The van der Waals surface area contributed by atoms with Crippen LogP contribution in [0.25, 0.3) is 21.5 Å². The van der Waals surface area contributed by atoms with Crippen molar-refractivity contribution in [3.63, 3.8) is 0 Å². The van der Waals surface area contributed by atoms with Gasteiger partial charge in [0.1, 0.15) is 4.83 Å². The number of nitrogens with zero attached hydrogens (tertiary/aromatic N) is 2. The van der Waals surface area contributed by atoms with Gasteiger partial charge in [-0.1, -0.05) is 29.3 Å². The van der Waals surface area contributed by atoms with Crippen molar-refractivity contribution >= 4 is 62.2 Å². The van der Waals surface area contributed by atoms with Crippen LogP contribution >= 0.6 is 34.5 Å². The average molecular weight is 423 g/mol. The predicted molar refractivity (Wildman–Crippen MR) is 110 cm³/mol. The minimum atomic E-state index is -0.103. The molecule has 0 radical (unpaired) electrons. The number of hydrogen-bond acceptors (Lipinski definition) is 7. The van der Waals surface area contributed by atoms with E-state index >= 15 is 0 Å². The second-order valence-electron chi connectivity index (χ2n) is 6.31. The Morgan fingerprint density at radius 3 is 2.81 bits per heavy atom. The summed E-state index contributed by atoms with van der Waals surface area (Å²) in [4.78, 5) is 22.3. The first kappa shape index (κ1) is 18.4. The van der Waals surface area contributed by atoms with E-state index in [4.69, 9.17) is 33.7 Å². The van der Waals surface area contributed by atoms with Crippen LogP contribution in [-0.2, 0) is 4.74 Å². The van der Waals surface area contributed by atoms with E-state index in [1.165, 1.54) is 18.3 Å². The monoisotopic (exact) mass is 422 g/mol. The number of nitrogen functional groups attached to an aromatic ring is 1. The minimum absolute atomic E-state index is 0.103. The standard InChI is InChI=1S/C18H16Cl2N4O2S/c1-8(25)16-14(21)13-15(9-2-3-11(19)12(20)6-9)23-18(24-17(13)27-16)22-10-4-5-26-7-10/h2-3,6,10H,4-5,7,21H2,1H3,(H,22,23,24)/t10-/m1/s1. The van der Waals surface area contributed by atoms with Gasteiger partial charge in [0, 0.05) is 19.1 Å². The first-order chi connectivity index (χ1) is 12.9. The van der Waals surface area contributed by atoms with Crippen LogP contribution in [0.3, 0.4) is 0 Å². The van der Waals surface area contributed by atoms with Gasteiger partial charge in [-0.25, -0.2) is 9.97 Å². The normalized spacial score (nSPS) is 16.8. The number of ketones is 1. The first-order valence-corrected chi connectivity index (χ1v) is 9.92. The largest absolute Gasteiger partial charge is 0.397 e. The fourth-order valence-electron chi connectivity index (χ4n) is 3.03. The molecule has 6 nitrogen and oxygen atoms in total. The SMILES string of the molecule is CC(=O)c1sc2nc(N[C@@H]3CCOC3)nc(-c3ccc(Cl)c(Cl)c3)c2c1N. The zero-order valence-corrected chi connectivity index (χ0v) is 16.7. The number of Topliss-reactive ketones (excluding diaryl/α,β-unsaturated/α-hetero) is 1. The average Bonchev–Trinajstić information content (AvgIpc) is 3.25. The number of anilines is 2. The lowest BCUT2D eigenvalue weighted by Gasteiger charge is -2.13.